The Kier molecular flexibility index (Phi) is 5.34. The second-order valence-corrected chi connectivity index (χ2v) is 8.55. The van der Waals surface area contributed by atoms with Gasteiger partial charge in [-0.2, -0.15) is 5.26 Å². The molecule has 28 heavy (non-hydrogen) atoms. The molecule has 146 valence electrons. The smallest absolute Gasteiger partial charge is 0.229 e. The first kappa shape index (κ1) is 19.8. The van der Waals surface area contributed by atoms with E-state index in [1.54, 1.807) is 19.2 Å². The van der Waals surface area contributed by atoms with Crippen LogP contribution in [0.1, 0.15) is 31.9 Å². The normalized spacial score (nSPS) is 12.5. The lowest BCUT2D eigenvalue weighted by atomic mass is 10.1. The Labute approximate surface area is 165 Å². The zero-order valence-corrected chi connectivity index (χ0v) is 17.2. The summed E-state index contributed by atoms with van der Waals surface area (Å²) >= 11 is 0. The molecule has 0 saturated heterocycles. The van der Waals surface area contributed by atoms with Crippen molar-refractivity contribution in [3.05, 3.63) is 48.0 Å². The molecule has 3 aromatic rings. The largest absolute Gasteiger partial charge is 0.497 e. The summed E-state index contributed by atoms with van der Waals surface area (Å²) in [7, 11) is -1.72. The highest BCUT2D eigenvalue weighted by Gasteiger charge is 2.22. The van der Waals surface area contributed by atoms with Gasteiger partial charge >= 0.3 is 0 Å². The van der Waals surface area contributed by atoms with Crippen molar-refractivity contribution in [3.8, 4) is 23.1 Å². The van der Waals surface area contributed by atoms with E-state index in [-0.39, 0.29) is 6.04 Å². The minimum absolute atomic E-state index is 0.167. The first-order chi connectivity index (χ1) is 13.3. The number of nitriles is 1. The maximum atomic E-state index is 11.4. The maximum Gasteiger partial charge on any atom is 0.229 e. The number of ether oxygens (including phenoxy) is 1. The van der Waals surface area contributed by atoms with Gasteiger partial charge in [-0.05, 0) is 43.2 Å². The number of fused-ring (bicyclic) bond motifs is 1. The molecule has 0 bridgehead atoms. The maximum absolute atomic E-state index is 11.4. The van der Waals surface area contributed by atoms with Crippen LogP contribution in [0.25, 0.3) is 22.2 Å². The molecule has 0 saturated carbocycles. The van der Waals surface area contributed by atoms with Gasteiger partial charge in [0.25, 0.3) is 0 Å². The zero-order chi connectivity index (χ0) is 20.5. The summed E-state index contributed by atoms with van der Waals surface area (Å²) in [4.78, 5) is 0. The second kappa shape index (κ2) is 7.56. The summed E-state index contributed by atoms with van der Waals surface area (Å²) < 4.78 is 32.9. The molecule has 0 fully saturated rings. The Hall–Kier alpha value is -2.98. The predicted molar refractivity (Wildman–Crippen MR) is 112 cm³/mol. The molecule has 1 heterocycles. The number of hydrogen-bond donors (Lipinski definition) is 1. The standard InChI is InChI=1S/C21H23N3O3S/c1-5-14(2)24-20-12-17(27-3)10-11-18(20)19(13-22)21(24)15-6-8-16(9-7-15)23-28(4,25)26/h6-12,14,23H,5H2,1-4H3. The highest BCUT2D eigenvalue weighted by Crippen LogP contribution is 2.38. The highest BCUT2D eigenvalue weighted by molar-refractivity contribution is 7.92. The Morgan fingerprint density at radius 1 is 1.21 bits per heavy atom. The average Bonchev–Trinajstić information content (AvgIpc) is 3.00. The first-order valence-corrected chi connectivity index (χ1v) is 10.9. The van der Waals surface area contributed by atoms with Gasteiger partial charge in [-0.25, -0.2) is 8.42 Å². The van der Waals surface area contributed by atoms with Crippen molar-refractivity contribution in [2.45, 2.75) is 26.3 Å². The summed E-state index contributed by atoms with van der Waals surface area (Å²) in [5.74, 6) is 0.735. The molecule has 6 nitrogen and oxygen atoms in total. The molecule has 0 aliphatic heterocycles. The quantitative estimate of drug-likeness (QED) is 0.662. The van der Waals surface area contributed by atoms with Gasteiger partial charge in [-0.15, -0.1) is 0 Å². The molecule has 1 aromatic heterocycles. The van der Waals surface area contributed by atoms with Gasteiger partial charge in [0.05, 0.1) is 30.1 Å². The fraction of sp³-hybridized carbons (Fsp3) is 0.286. The van der Waals surface area contributed by atoms with Gasteiger partial charge in [0.1, 0.15) is 11.8 Å². The molecule has 1 N–H and O–H groups in total. The SMILES string of the molecule is CCC(C)n1c(-c2ccc(NS(C)(=O)=O)cc2)c(C#N)c2ccc(OC)cc21. The van der Waals surface area contributed by atoms with Crippen LogP contribution in [0, 0.1) is 11.3 Å². The lowest BCUT2D eigenvalue weighted by Gasteiger charge is -2.18. The average molecular weight is 398 g/mol. The molecule has 0 aliphatic rings. The van der Waals surface area contributed by atoms with E-state index in [1.807, 2.05) is 30.3 Å². The molecular weight excluding hydrogens is 374 g/mol. The van der Waals surface area contributed by atoms with Crippen LogP contribution >= 0.6 is 0 Å². The first-order valence-electron chi connectivity index (χ1n) is 8.99. The fourth-order valence-electron chi connectivity index (χ4n) is 3.36. The fourth-order valence-corrected chi connectivity index (χ4v) is 3.93. The van der Waals surface area contributed by atoms with Crippen molar-refractivity contribution in [2.24, 2.45) is 0 Å². The van der Waals surface area contributed by atoms with Crippen molar-refractivity contribution in [1.29, 1.82) is 5.26 Å². The monoisotopic (exact) mass is 397 g/mol. The van der Waals surface area contributed by atoms with Crippen molar-refractivity contribution in [3.63, 3.8) is 0 Å². The Morgan fingerprint density at radius 3 is 2.43 bits per heavy atom. The lowest BCUT2D eigenvalue weighted by molar-refractivity contribution is 0.415. The van der Waals surface area contributed by atoms with Crippen molar-refractivity contribution in [2.75, 3.05) is 18.1 Å². The molecule has 0 aliphatic carbocycles. The van der Waals surface area contributed by atoms with Gasteiger partial charge in [0.15, 0.2) is 0 Å². The Bertz CT molecular complexity index is 1160. The van der Waals surface area contributed by atoms with Gasteiger partial charge in [-0.1, -0.05) is 19.1 Å². The van der Waals surface area contributed by atoms with E-state index in [4.69, 9.17) is 4.74 Å². The topological polar surface area (TPSA) is 84.1 Å². The van der Waals surface area contributed by atoms with Crippen LogP contribution < -0.4 is 9.46 Å². The molecule has 1 unspecified atom stereocenters. The van der Waals surface area contributed by atoms with Gasteiger partial charge in [-0.3, -0.25) is 4.72 Å². The summed E-state index contributed by atoms with van der Waals surface area (Å²) in [5.41, 5.74) is 3.70. The van der Waals surface area contributed by atoms with Crippen LogP contribution in [0.5, 0.6) is 5.75 Å². The van der Waals surface area contributed by atoms with E-state index in [1.165, 1.54) is 0 Å². The van der Waals surface area contributed by atoms with E-state index >= 15 is 0 Å². The molecule has 0 radical (unpaired) electrons. The van der Waals surface area contributed by atoms with E-state index in [0.717, 1.165) is 40.6 Å². The zero-order valence-electron chi connectivity index (χ0n) is 16.4. The lowest BCUT2D eigenvalue weighted by Crippen LogP contribution is -2.09. The van der Waals surface area contributed by atoms with E-state index in [9.17, 15) is 13.7 Å². The number of benzene rings is 2. The molecule has 2 aromatic carbocycles. The molecule has 7 heteroatoms. The van der Waals surface area contributed by atoms with Crippen LogP contribution in [0.2, 0.25) is 0 Å². The van der Waals surface area contributed by atoms with E-state index in [0.29, 0.717) is 11.3 Å². The number of hydrogen-bond acceptors (Lipinski definition) is 4. The number of rotatable bonds is 6. The highest BCUT2D eigenvalue weighted by atomic mass is 32.2. The van der Waals surface area contributed by atoms with Crippen LogP contribution in [-0.2, 0) is 10.0 Å². The van der Waals surface area contributed by atoms with Crippen molar-refractivity contribution >= 4 is 26.6 Å². The number of methoxy groups -OCH3 is 1. The third kappa shape index (κ3) is 3.69. The number of nitrogens with one attached hydrogen (secondary N) is 1. The third-order valence-electron chi connectivity index (χ3n) is 4.82. The van der Waals surface area contributed by atoms with Crippen LogP contribution in [-0.4, -0.2) is 26.4 Å². The summed E-state index contributed by atoms with van der Waals surface area (Å²) in [6.45, 7) is 4.22. The predicted octanol–water partition coefficient (Wildman–Crippen LogP) is 4.53. The summed E-state index contributed by atoms with van der Waals surface area (Å²) in [6, 6.07) is 15.3. The van der Waals surface area contributed by atoms with Crippen LogP contribution in [0.15, 0.2) is 42.5 Å². The number of sulfonamides is 1. The van der Waals surface area contributed by atoms with Gasteiger partial charge in [0.2, 0.25) is 10.0 Å². The Balaban J connectivity index is 2.26. The minimum atomic E-state index is -3.34. The minimum Gasteiger partial charge on any atom is -0.497 e. The van der Waals surface area contributed by atoms with Crippen LogP contribution in [0.4, 0.5) is 5.69 Å². The Morgan fingerprint density at radius 2 is 1.89 bits per heavy atom. The molecule has 0 spiro atoms. The van der Waals surface area contributed by atoms with Crippen molar-refractivity contribution in [1.82, 2.24) is 4.57 Å². The number of anilines is 1. The second-order valence-electron chi connectivity index (χ2n) is 6.80. The van der Waals surface area contributed by atoms with Crippen LogP contribution in [0.3, 0.4) is 0 Å². The number of nitrogens with zero attached hydrogens (tertiary/aromatic N) is 2. The molecular formula is C21H23N3O3S. The summed E-state index contributed by atoms with van der Waals surface area (Å²) in [5, 5.41) is 10.8. The third-order valence-corrected chi connectivity index (χ3v) is 5.42. The molecule has 1 atom stereocenters. The molecule has 0 amide bonds. The van der Waals surface area contributed by atoms with E-state index < -0.39 is 10.0 Å². The van der Waals surface area contributed by atoms with Gasteiger partial charge in [0, 0.05) is 23.2 Å². The van der Waals surface area contributed by atoms with Crippen molar-refractivity contribution < 1.29 is 13.2 Å². The van der Waals surface area contributed by atoms with Gasteiger partial charge < -0.3 is 9.30 Å². The van der Waals surface area contributed by atoms with E-state index in [2.05, 4.69) is 29.2 Å². The number of aromatic nitrogens is 1. The molecule has 3 rings (SSSR count). The summed E-state index contributed by atoms with van der Waals surface area (Å²) in [6.07, 6.45) is 2.01.